The normalized spacial score (nSPS) is 10.2. The van der Waals surface area contributed by atoms with Crippen LogP contribution in [0.5, 0.6) is 11.5 Å². The minimum atomic E-state index is 0.621. The van der Waals surface area contributed by atoms with Gasteiger partial charge in [0.25, 0.3) is 0 Å². The molecule has 0 fully saturated rings. The van der Waals surface area contributed by atoms with Gasteiger partial charge in [-0.05, 0) is 23.3 Å². The molecule has 0 aliphatic heterocycles. The highest BCUT2D eigenvalue weighted by atomic mass is 16.5. The number of nitrogens with one attached hydrogen (secondary N) is 1. The number of anilines is 1. The third kappa shape index (κ3) is 4.13. The van der Waals surface area contributed by atoms with E-state index in [1.807, 2.05) is 24.3 Å². The molecule has 0 heterocycles. The number of methoxy groups -OCH3 is 3. The van der Waals surface area contributed by atoms with Crippen molar-refractivity contribution in [3.63, 3.8) is 0 Å². The molecule has 2 aromatic carbocycles. The monoisotopic (exact) mass is 287 g/mol. The SMILES string of the molecule is COCc1cccc(CNc2cc(OC)ccc2OC)c1. The van der Waals surface area contributed by atoms with Crippen molar-refractivity contribution in [3.8, 4) is 11.5 Å². The van der Waals surface area contributed by atoms with Crippen LogP contribution in [0.3, 0.4) is 0 Å². The molecule has 2 aromatic rings. The Morgan fingerprint density at radius 2 is 1.71 bits per heavy atom. The maximum atomic E-state index is 5.36. The Morgan fingerprint density at radius 3 is 2.43 bits per heavy atom. The maximum absolute atomic E-state index is 5.36. The van der Waals surface area contributed by atoms with Crippen molar-refractivity contribution in [1.82, 2.24) is 0 Å². The summed E-state index contributed by atoms with van der Waals surface area (Å²) in [6, 6.07) is 14.0. The van der Waals surface area contributed by atoms with Crippen molar-refractivity contribution in [2.75, 3.05) is 26.6 Å². The summed E-state index contributed by atoms with van der Waals surface area (Å²) in [4.78, 5) is 0. The van der Waals surface area contributed by atoms with E-state index in [1.54, 1.807) is 21.3 Å². The summed E-state index contributed by atoms with van der Waals surface area (Å²) in [7, 11) is 5.01. The van der Waals surface area contributed by atoms with E-state index in [9.17, 15) is 0 Å². The number of benzene rings is 2. The van der Waals surface area contributed by atoms with Crippen LogP contribution >= 0.6 is 0 Å². The van der Waals surface area contributed by atoms with Gasteiger partial charge in [0.2, 0.25) is 0 Å². The van der Waals surface area contributed by atoms with Crippen LogP contribution in [0.1, 0.15) is 11.1 Å². The second-order valence-electron chi connectivity index (χ2n) is 4.67. The second-order valence-corrected chi connectivity index (χ2v) is 4.67. The summed E-state index contributed by atoms with van der Waals surface area (Å²) in [5, 5.41) is 3.38. The van der Waals surface area contributed by atoms with Gasteiger partial charge in [0, 0.05) is 19.7 Å². The Balaban J connectivity index is 2.10. The number of hydrogen-bond donors (Lipinski definition) is 1. The lowest BCUT2D eigenvalue weighted by Crippen LogP contribution is -2.02. The van der Waals surface area contributed by atoms with E-state index in [4.69, 9.17) is 14.2 Å². The largest absolute Gasteiger partial charge is 0.497 e. The fourth-order valence-electron chi connectivity index (χ4n) is 2.15. The van der Waals surface area contributed by atoms with Crippen LogP contribution in [0.15, 0.2) is 42.5 Å². The molecule has 0 atom stereocenters. The number of hydrogen-bond acceptors (Lipinski definition) is 4. The summed E-state index contributed by atoms with van der Waals surface area (Å²) in [6.45, 7) is 1.33. The summed E-state index contributed by atoms with van der Waals surface area (Å²) in [6.07, 6.45) is 0. The molecule has 0 aliphatic rings. The molecule has 21 heavy (non-hydrogen) atoms. The molecule has 0 aliphatic carbocycles. The van der Waals surface area contributed by atoms with E-state index in [-0.39, 0.29) is 0 Å². The lowest BCUT2D eigenvalue weighted by atomic mass is 10.1. The molecule has 0 unspecified atom stereocenters. The van der Waals surface area contributed by atoms with E-state index in [2.05, 4.69) is 23.5 Å². The molecular weight excluding hydrogens is 266 g/mol. The van der Waals surface area contributed by atoms with Crippen molar-refractivity contribution >= 4 is 5.69 Å². The molecule has 2 rings (SSSR count). The van der Waals surface area contributed by atoms with Crippen LogP contribution in [0.4, 0.5) is 5.69 Å². The first-order chi connectivity index (χ1) is 10.3. The van der Waals surface area contributed by atoms with Crippen LogP contribution in [0.2, 0.25) is 0 Å². The topological polar surface area (TPSA) is 39.7 Å². The Hall–Kier alpha value is -2.20. The summed E-state index contributed by atoms with van der Waals surface area (Å²) >= 11 is 0. The zero-order chi connectivity index (χ0) is 15.1. The van der Waals surface area contributed by atoms with Crippen molar-refractivity contribution in [3.05, 3.63) is 53.6 Å². The van der Waals surface area contributed by atoms with Crippen LogP contribution in [-0.2, 0) is 17.9 Å². The van der Waals surface area contributed by atoms with Crippen molar-refractivity contribution in [2.45, 2.75) is 13.2 Å². The highest BCUT2D eigenvalue weighted by molar-refractivity contribution is 5.59. The molecule has 1 N–H and O–H groups in total. The van der Waals surface area contributed by atoms with Gasteiger partial charge in [-0.15, -0.1) is 0 Å². The van der Waals surface area contributed by atoms with Gasteiger partial charge >= 0.3 is 0 Å². The average molecular weight is 287 g/mol. The van der Waals surface area contributed by atoms with Crippen LogP contribution < -0.4 is 14.8 Å². The van der Waals surface area contributed by atoms with Crippen LogP contribution in [0.25, 0.3) is 0 Å². The van der Waals surface area contributed by atoms with Gasteiger partial charge in [0.05, 0.1) is 26.5 Å². The summed E-state index contributed by atoms with van der Waals surface area (Å²) < 4.78 is 15.8. The molecule has 0 saturated heterocycles. The Kier molecular flexibility index (Phi) is 5.46. The van der Waals surface area contributed by atoms with Gasteiger partial charge in [0.1, 0.15) is 11.5 Å². The van der Waals surface area contributed by atoms with Gasteiger partial charge in [-0.25, -0.2) is 0 Å². The lowest BCUT2D eigenvalue weighted by Gasteiger charge is -2.13. The zero-order valence-electron chi connectivity index (χ0n) is 12.7. The van der Waals surface area contributed by atoms with Gasteiger partial charge in [-0.2, -0.15) is 0 Å². The fraction of sp³-hybridized carbons (Fsp3) is 0.294. The summed E-state index contributed by atoms with van der Waals surface area (Å²) in [5.74, 6) is 1.59. The van der Waals surface area contributed by atoms with E-state index in [1.165, 1.54) is 5.56 Å². The number of rotatable bonds is 7. The quantitative estimate of drug-likeness (QED) is 0.846. The predicted molar refractivity (Wildman–Crippen MR) is 84.0 cm³/mol. The third-order valence-electron chi connectivity index (χ3n) is 3.19. The standard InChI is InChI=1S/C17H21NO3/c1-19-12-14-6-4-5-13(9-14)11-18-16-10-15(20-2)7-8-17(16)21-3/h4-10,18H,11-12H2,1-3H3. The molecule has 112 valence electrons. The lowest BCUT2D eigenvalue weighted by molar-refractivity contribution is 0.185. The zero-order valence-corrected chi connectivity index (χ0v) is 12.7. The first-order valence-corrected chi connectivity index (χ1v) is 6.79. The fourth-order valence-corrected chi connectivity index (χ4v) is 2.15. The summed E-state index contributed by atoms with van der Waals surface area (Å²) in [5.41, 5.74) is 3.26. The minimum absolute atomic E-state index is 0.621. The van der Waals surface area contributed by atoms with E-state index >= 15 is 0 Å². The maximum Gasteiger partial charge on any atom is 0.142 e. The van der Waals surface area contributed by atoms with Crippen LogP contribution in [-0.4, -0.2) is 21.3 Å². The minimum Gasteiger partial charge on any atom is -0.497 e. The highest BCUT2D eigenvalue weighted by Crippen LogP contribution is 2.29. The van der Waals surface area contributed by atoms with E-state index in [0.717, 1.165) is 22.7 Å². The number of ether oxygens (including phenoxy) is 3. The van der Waals surface area contributed by atoms with Gasteiger partial charge < -0.3 is 19.5 Å². The molecular formula is C17H21NO3. The molecule has 4 heteroatoms. The Morgan fingerprint density at radius 1 is 0.905 bits per heavy atom. The van der Waals surface area contributed by atoms with Crippen molar-refractivity contribution in [1.29, 1.82) is 0 Å². The molecule has 0 aromatic heterocycles. The van der Waals surface area contributed by atoms with Gasteiger partial charge in [0.15, 0.2) is 0 Å². The molecule has 0 amide bonds. The van der Waals surface area contributed by atoms with Gasteiger partial charge in [-0.1, -0.05) is 24.3 Å². The van der Waals surface area contributed by atoms with Crippen molar-refractivity contribution < 1.29 is 14.2 Å². The van der Waals surface area contributed by atoms with E-state index < -0.39 is 0 Å². The van der Waals surface area contributed by atoms with E-state index in [0.29, 0.717) is 13.2 Å². The second kappa shape index (κ2) is 7.55. The first-order valence-electron chi connectivity index (χ1n) is 6.79. The van der Waals surface area contributed by atoms with Gasteiger partial charge in [-0.3, -0.25) is 0 Å². The third-order valence-corrected chi connectivity index (χ3v) is 3.19. The smallest absolute Gasteiger partial charge is 0.142 e. The molecule has 4 nitrogen and oxygen atoms in total. The predicted octanol–water partition coefficient (Wildman–Crippen LogP) is 3.46. The molecule has 0 radical (unpaired) electrons. The van der Waals surface area contributed by atoms with Crippen LogP contribution in [0, 0.1) is 0 Å². The first kappa shape index (κ1) is 15.2. The molecule has 0 spiro atoms. The Labute approximate surface area is 125 Å². The molecule has 0 saturated carbocycles. The molecule has 0 bridgehead atoms. The van der Waals surface area contributed by atoms with Crippen molar-refractivity contribution in [2.24, 2.45) is 0 Å². The average Bonchev–Trinajstić information content (AvgIpc) is 2.53. The Bertz CT molecular complexity index is 584. The highest BCUT2D eigenvalue weighted by Gasteiger charge is 2.05.